The summed E-state index contributed by atoms with van der Waals surface area (Å²) in [5.74, 6) is -2.65. The standard InChI is InChI=1S/C19H26N4O6/c1-11(19(28)29)21-17(26)14(9-12-4-6-13(24)7-5-12)22-18(27)15-3-2-8-23(15)16(25)10-20/h4-7,11,14-15,24H,2-3,8-10,20H2,1H3,(H,21,26)(H,22,27)(H,28,29). The number of carboxylic acids is 1. The molecule has 0 bridgehead atoms. The summed E-state index contributed by atoms with van der Waals surface area (Å²) in [6.07, 6.45) is 1.19. The third-order valence-electron chi connectivity index (χ3n) is 4.79. The quantitative estimate of drug-likeness (QED) is 0.368. The van der Waals surface area contributed by atoms with Gasteiger partial charge in [-0.1, -0.05) is 12.1 Å². The summed E-state index contributed by atoms with van der Waals surface area (Å²) in [4.78, 5) is 49.8. The van der Waals surface area contributed by atoms with E-state index in [4.69, 9.17) is 10.8 Å². The van der Waals surface area contributed by atoms with Crippen LogP contribution in [0.3, 0.4) is 0 Å². The zero-order chi connectivity index (χ0) is 21.6. The van der Waals surface area contributed by atoms with Crippen LogP contribution in [0.1, 0.15) is 25.3 Å². The number of hydrogen-bond donors (Lipinski definition) is 5. The first-order chi connectivity index (χ1) is 13.7. The lowest BCUT2D eigenvalue weighted by molar-refractivity contribution is -0.142. The molecule has 6 N–H and O–H groups in total. The number of phenolic OH excluding ortho intramolecular Hbond substituents is 1. The van der Waals surface area contributed by atoms with Crippen LogP contribution in [0.4, 0.5) is 0 Å². The van der Waals surface area contributed by atoms with Crippen LogP contribution in [0.25, 0.3) is 0 Å². The molecule has 29 heavy (non-hydrogen) atoms. The second-order valence-electron chi connectivity index (χ2n) is 6.95. The molecule has 3 atom stereocenters. The van der Waals surface area contributed by atoms with Crippen molar-refractivity contribution >= 4 is 23.7 Å². The lowest BCUT2D eigenvalue weighted by atomic mass is 10.0. The molecular weight excluding hydrogens is 380 g/mol. The average Bonchev–Trinajstić information content (AvgIpc) is 3.18. The maximum atomic E-state index is 12.8. The van der Waals surface area contributed by atoms with E-state index in [1.165, 1.54) is 24.0 Å². The van der Waals surface area contributed by atoms with Crippen LogP contribution in [0.15, 0.2) is 24.3 Å². The molecule has 3 amide bonds. The number of benzene rings is 1. The number of phenols is 1. The topological polar surface area (TPSA) is 162 Å². The Morgan fingerprint density at radius 1 is 1.21 bits per heavy atom. The van der Waals surface area contributed by atoms with Gasteiger partial charge < -0.3 is 31.5 Å². The monoisotopic (exact) mass is 406 g/mol. The maximum absolute atomic E-state index is 12.8. The molecule has 158 valence electrons. The fourth-order valence-corrected chi connectivity index (χ4v) is 3.18. The minimum absolute atomic E-state index is 0.0557. The number of aromatic hydroxyl groups is 1. The maximum Gasteiger partial charge on any atom is 0.325 e. The van der Waals surface area contributed by atoms with Crippen molar-refractivity contribution in [3.05, 3.63) is 29.8 Å². The number of nitrogens with zero attached hydrogens (tertiary/aromatic N) is 1. The Labute approximate surface area is 168 Å². The molecule has 1 aliphatic rings. The van der Waals surface area contributed by atoms with Gasteiger partial charge in [0.15, 0.2) is 0 Å². The average molecular weight is 406 g/mol. The molecule has 1 aliphatic heterocycles. The minimum Gasteiger partial charge on any atom is -0.508 e. The summed E-state index contributed by atoms with van der Waals surface area (Å²) in [6, 6.07) is 3.19. The lowest BCUT2D eigenvalue weighted by Gasteiger charge is -2.26. The molecule has 0 spiro atoms. The van der Waals surface area contributed by atoms with E-state index in [0.29, 0.717) is 24.9 Å². The molecule has 10 nitrogen and oxygen atoms in total. The SMILES string of the molecule is CC(NC(=O)C(Cc1ccc(O)cc1)NC(=O)C1CCCN1C(=O)CN)C(=O)O. The molecule has 3 unspecified atom stereocenters. The summed E-state index contributed by atoms with van der Waals surface area (Å²) >= 11 is 0. The number of likely N-dealkylation sites (tertiary alicyclic amines) is 1. The molecule has 1 aromatic carbocycles. The molecular formula is C19H26N4O6. The largest absolute Gasteiger partial charge is 0.508 e. The van der Waals surface area contributed by atoms with Crippen molar-refractivity contribution in [2.75, 3.05) is 13.1 Å². The van der Waals surface area contributed by atoms with Gasteiger partial charge in [-0.15, -0.1) is 0 Å². The lowest BCUT2D eigenvalue weighted by Crippen LogP contribution is -2.56. The molecule has 0 aliphatic carbocycles. The van der Waals surface area contributed by atoms with Crippen molar-refractivity contribution in [3.63, 3.8) is 0 Å². The van der Waals surface area contributed by atoms with E-state index in [1.54, 1.807) is 12.1 Å². The van der Waals surface area contributed by atoms with Gasteiger partial charge in [0.05, 0.1) is 6.54 Å². The second-order valence-corrected chi connectivity index (χ2v) is 6.95. The fraction of sp³-hybridized carbons (Fsp3) is 0.474. The third-order valence-corrected chi connectivity index (χ3v) is 4.79. The van der Waals surface area contributed by atoms with E-state index < -0.39 is 35.9 Å². The van der Waals surface area contributed by atoms with Crippen LogP contribution in [0.5, 0.6) is 5.75 Å². The Bertz CT molecular complexity index is 766. The number of carbonyl (C=O) groups is 4. The van der Waals surface area contributed by atoms with Gasteiger partial charge in [-0.3, -0.25) is 19.2 Å². The number of carbonyl (C=O) groups excluding carboxylic acids is 3. The highest BCUT2D eigenvalue weighted by molar-refractivity contribution is 5.94. The van der Waals surface area contributed by atoms with Gasteiger partial charge in [0.1, 0.15) is 23.9 Å². The Balaban J connectivity index is 2.16. The highest BCUT2D eigenvalue weighted by atomic mass is 16.4. The highest BCUT2D eigenvalue weighted by Crippen LogP contribution is 2.18. The number of nitrogens with two attached hydrogens (primary N) is 1. The zero-order valence-corrected chi connectivity index (χ0v) is 16.1. The van der Waals surface area contributed by atoms with E-state index in [2.05, 4.69) is 10.6 Å². The smallest absolute Gasteiger partial charge is 0.325 e. The molecule has 0 aromatic heterocycles. The second kappa shape index (κ2) is 9.87. The van der Waals surface area contributed by atoms with Crippen LogP contribution in [-0.2, 0) is 25.6 Å². The first kappa shape index (κ1) is 22.2. The minimum atomic E-state index is -1.21. The van der Waals surface area contributed by atoms with Crippen molar-refractivity contribution in [1.82, 2.24) is 15.5 Å². The highest BCUT2D eigenvalue weighted by Gasteiger charge is 2.35. The first-order valence-corrected chi connectivity index (χ1v) is 9.34. The van der Waals surface area contributed by atoms with E-state index in [1.807, 2.05) is 0 Å². The Kier molecular flexibility index (Phi) is 7.54. The molecule has 0 radical (unpaired) electrons. The van der Waals surface area contributed by atoms with Crippen LogP contribution >= 0.6 is 0 Å². The van der Waals surface area contributed by atoms with Gasteiger partial charge in [-0.05, 0) is 37.5 Å². The van der Waals surface area contributed by atoms with Crippen LogP contribution < -0.4 is 16.4 Å². The predicted molar refractivity (Wildman–Crippen MR) is 103 cm³/mol. The van der Waals surface area contributed by atoms with Crippen molar-refractivity contribution in [3.8, 4) is 5.75 Å². The van der Waals surface area contributed by atoms with Crippen LogP contribution in [0.2, 0.25) is 0 Å². The van der Waals surface area contributed by atoms with Gasteiger partial charge in [0, 0.05) is 13.0 Å². The zero-order valence-electron chi connectivity index (χ0n) is 16.1. The summed E-state index contributed by atoms with van der Waals surface area (Å²) in [6.45, 7) is 1.52. The number of carboxylic acid groups (broad SMARTS) is 1. The summed E-state index contributed by atoms with van der Waals surface area (Å²) < 4.78 is 0. The molecule has 1 saturated heterocycles. The number of rotatable bonds is 8. The Morgan fingerprint density at radius 2 is 1.86 bits per heavy atom. The van der Waals surface area contributed by atoms with E-state index >= 15 is 0 Å². The van der Waals surface area contributed by atoms with Crippen molar-refractivity contribution in [2.24, 2.45) is 5.73 Å². The predicted octanol–water partition coefficient (Wildman–Crippen LogP) is -1.04. The molecule has 1 fully saturated rings. The molecule has 2 rings (SSSR count). The van der Waals surface area contributed by atoms with E-state index in [0.717, 1.165) is 0 Å². The van der Waals surface area contributed by atoms with Crippen molar-refractivity contribution in [1.29, 1.82) is 0 Å². The number of amides is 3. The van der Waals surface area contributed by atoms with Gasteiger partial charge in [0.25, 0.3) is 0 Å². The van der Waals surface area contributed by atoms with E-state index in [9.17, 15) is 24.3 Å². The number of hydrogen-bond acceptors (Lipinski definition) is 6. The Hall–Kier alpha value is -3.14. The molecule has 10 heteroatoms. The van der Waals surface area contributed by atoms with Gasteiger partial charge in [0.2, 0.25) is 17.7 Å². The fourth-order valence-electron chi connectivity index (χ4n) is 3.18. The van der Waals surface area contributed by atoms with Crippen molar-refractivity contribution in [2.45, 2.75) is 44.3 Å². The molecule has 1 aromatic rings. The summed E-state index contributed by atoms with van der Waals surface area (Å²) in [5.41, 5.74) is 6.06. The Morgan fingerprint density at radius 3 is 2.45 bits per heavy atom. The van der Waals surface area contributed by atoms with E-state index in [-0.39, 0.29) is 24.6 Å². The number of nitrogens with one attached hydrogen (secondary N) is 2. The molecule has 0 saturated carbocycles. The van der Waals surface area contributed by atoms with Crippen LogP contribution in [0, 0.1) is 0 Å². The van der Waals surface area contributed by atoms with Gasteiger partial charge in [-0.2, -0.15) is 0 Å². The molecule has 1 heterocycles. The summed E-state index contributed by atoms with van der Waals surface area (Å²) in [5, 5.41) is 23.4. The summed E-state index contributed by atoms with van der Waals surface area (Å²) in [7, 11) is 0. The van der Waals surface area contributed by atoms with Crippen molar-refractivity contribution < 1.29 is 29.4 Å². The number of aliphatic carboxylic acids is 1. The van der Waals surface area contributed by atoms with Gasteiger partial charge in [-0.25, -0.2) is 0 Å². The normalized spacial score (nSPS) is 18.0. The first-order valence-electron chi connectivity index (χ1n) is 9.34. The van der Waals surface area contributed by atoms with Gasteiger partial charge >= 0.3 is 5.97 Å². The third kappa shape index (κ3) is 5.92. The van der Waals surface area contributed by atoms with Crippen LogP contribution in [-0.4, -0.2) is 70.0 Å².